The van der Waals surface area contributed by atoms with E-state index in [1.807, 2.05) is 103 Å². The summed E-state index contributed by atoms with van der Waals surface area (Å²) < 4.78 is 51.9. The number of alkyl halides is 3. The van der Waals surface area contributed by atoms with Crippen molar-refractivity contribution in [2.45, 2.75) is 24.2 Å². The van der Waals surface area contributed by atoms with E-state index in [0.29, 0.717) is 17.6 Å². The summed E-state index contributed by atoms with van der Waals surface area (Å²) in [4.78, 5) is 6.73. The normalized spacial score (nSPS) is 15.6. The van der Waals surface area contributed by atoms with Gasteiger partial charge in [-0.25, -0.2) is 0 Å². The van der Waals surface area contributed by atoms with E-state index in [1.165, 1.54) is 4.68 Å². The van der Waals surface area contributed by atoms with Crippen LogP contribution >= 0.6 is 0 Å². The third-order valence-electron chi connectivity index (χ3n) is 8.75. The summed E-state index contributed by atoms with van der Waals surface area (Å²) >= 11 is 0. The summed E-state index contributed by atoms with van der Waals surface area (Å²) in [5.41, 5.74) is 2.30. The summed E-state index contributed by atoms with van der Waals surface area (Å²) in [6.45, 7) is 1.50. The molecule has 0 N–H and O–H groups in total. The molecule has 0 saturated carbocycles. The van der Waals surface area contributed by atoms with Crippen molar-refractivity contribution in [2.75, 3.05) is 25.1 Å². The summed E-state index contributed by atoms with van der Waals surface area (Å²) in [5.74, 6) is 0. The first-order valence-electron chi connectivity index (χ1n) is 14.9. The number of rotatable bonds is 7. The minimum atomic E-state index is -4.70. The Hall–Kier alpha value is -4.95. The number of ether oxygens (including phenoxy) is 1. The number of nitrogens with zero attached hydrogens (tertiary/aromatic N) is 4. The second-order valence-electron chi connectivity index (χ2n) is 11.3. The molecule has 4 aromatic carbocycles. The Bertz CT molecular complexity index is 1830. The van der Waals surface area contributed by atoms with Crippen LogP contribution in [0.4, 0.5) is 18.9 Å². The fourth-order valence-corrected chi connectivity index (χ4v) is 6.62. The average Bonchev–Trinajstić information content (AvgIpc) is 3.75. The number of fused-ring (bicyclic) bond motifs is 1. The molecule has 1 aliphatic rings. The molecular weight excluding hydrogens is 573 g/mol. The summed E-state index contributed by atoms with van der Waals surface area (Å²) in [5, 5.41) is 5.19. The molecule has 1 aliphatic heterocycles. The molecule has 7 rings (SSSR count). The first-order valence-corrected chi connectivity index (χ1v) is 14.9. The van der Waals surface area contributed by atoms with E-state index in [1.54, 1.807) is 31.6 Å². The molecular formula is C37H31F3N4O. The Kier molecular flexibility index (Phi) is 7.37. The van der Waals surface area contributed by atoms with Gasteiger partial charge in [-0.15, -0.1) is 0 Å². The van der Waals surface area contributed by atoms with E-state index >= 15 is 0 Å². The number of pyridine rings is 1. The molecule has 0 spiro atoms. The Labute approximate surface area is 259 Å². The number of methoxy groups -OCH3 is 1. The van der Waals surface area contributed by atoms with Gasteiger partial charge in [-0.05, 0) is 46.9 Å². The third kappa shape index (κ3) is 5.05. The highest BCUT2D eigenvalue weighted by Crippen LogP contribution is 2.45. The molecule has 3 heterocycles. The van der Waals surface area contributed by atoms with Gasteiger partial charge in [0.1, 0.15) is 5.54 Å². The van der Waals surface area contributed by atoms with Crippen LogP contribution in [0.15, 0.2) is 128 Å². The molecule has 226 valence electrons. The molecule has 2 aromatic heterocycles. The van der Waals surface area contributed by atoms with Gasteiger partial charge in [-0.2, -0.15) is 18.3 Å². The van der Waals surface area contributed by atoms with Gasteiger partial charge in [-0.1, -0.05) is 97.1 Å². The number of benzene rings is 4. The molecule has 6 aromatic rings. The monoisotopic (exact) mass is 604 g/mol. The van der Waals surface area contributed by atoms with Gasteiger partial charge >= 0.3 is 6.18 Å². The Morgan fingerprint density at radius 3 is 1.91 bits per heavy atom. The predicted molar refractivity (Wildman–Crippen MR) is 170 cm³/mol. The molecule has 1 fully saturated rings. The van der Waals surface area contributed by atoms with Crippen molar-refractivity contribution < 1.29 is 17.9 Å². The van der Waals surface area contributed by atoms with E-state index < -0.39 is 17.4 Å². The van der Waals surface area contributed by atoms with Crippen molar-refractivity contribution >= 4 is 16.6 Å². The Morgan fingerprint density at radius 1 is 0.778 bits per heavy atom. The van der Waals surface area contributed by atoms with Gasteiger partial charge in [0.05, 0.1) is 11.6 Å². The number of hydrogen-bond donors (Lipinski definition) is 0. The maximum atomic E-state index is 15.0. The quantitative estimate of drug-likeness (QED) is 0.172. The molecule has 0 radical (unpaired) electrons. The summed E-state index contributed by atoms with van der Waals surface area (Å²) in [6, 6.07) is 35.9. The van der Waals surface area contributed by atoms with Crippen LogP contribution in [-0.2, 0) is 16.5 Å². The molecule has 1 atom stereocenters. The van der Waals surface area contributed by atoms with Crippen molar-refractivity contribution in [3.05, 3.63) is 150 Å². The van der Waals surface area contributed by atoms with E-state index in [9.17, 15) is 13.2 Å². The van der Waals surface area contributed by atoms with Crippen LogP contribution < -0.4 is 4.90 Å². The lowest BCUT2D eigenvalue weighted by molar-refractivity contribution is -0.141. The topological polar surface area (TPSA) is 43.2 Å². The molecule has 5 nitrogen and oxygen atoms in total. The largest absolute Gasteiger partial charge is 0.435 e. The van der Waals surface area contributed by atoms with Crippen molar-refractivity contribution in [3.63, 3.8) is 0 Å². The number of halogens is 3. The van der Waals surface area contributed by atoms with Crippen LogP contribution in [0, 0.1) is 0 Å². The summed E-state index contributed by atoms with van der Waals surface area (Å²) in [6.07, 6.45) is -0.433. The zero-order valence-corrected chi connectivity index (χ0v) is 24.7. The predicted octanol–water partition coefficient (Wildman–Crippen LogP) is 8.18. The van der Waals surface area contributed by atoms with Gasteiger partial charge in [0.15, 0.2) is 5.69 Å². The highest BCUT2D eigenvalue weighted by molar-refractivity contribution is 5.95. The van der Waals surface area contributed by atoms with E-state index in [0.717, 1.165) is 40.7 Å². The van der Waals surface area contributed by atoms with Crippen LogP contribution in [0.25, 0.3) is 22.0 Å². The van der Waals surface area contributed by atoms with Gasteiger partial charge in [0, 0.05) is 49.2 Å². The van der Waals surface area contributed by atoms with Crippen LogP contribution in [0.3, 0.4) is 0 Å². The highest BCUT2D eigenvalue weighted by Gasteiger charge is 2.44. The molecule has 0 unspecified atom stereocenters. The molecule has 0 bridgehead atoms. The van der Waals surface area contributed by atoms with Gasteiger partial charge in [0.2, 0.25) is 0 Å². The second-order valence-corrected chi connectivity index (χ2v) is 11.3. The fourth-order valence-electron chi connectivity index (χ4n) is 6.62. The Balaban J connectivity index is 1.48. The van der Waals surface area contributed by atoms with Crippen LogP contribution in [-0.4, -0.2) is 41.1 Å². The first-order chi connectivity index (χ1) is 21.9. The number of anilines is 1. The minimum Gasteiger partial charge on any atom is -0.380 e. The molecule has 0 amide bonds. The van der Waals surface area contributed by atoms with Crippen molar-refractivity contribution in [2.24, 2.45) is 0 Å². The van der Waals surface area contributed by atoms with Gasteiger partial charge in [-0.3, -0.25) is 9.67 Å². The first kappa shape index (κ1) is 28.8. The zero-order chi connectivity index (χ0) is 31.0. The Morgan fingerprint density at radius 2 is 1.38 bits per heavy atom. The standard InChI is InChI=1S/C37H31F3N4O/c1-45-30-20-22-43(24-30)34-19-21-41-33-18-17-26(23-31(33)34)32-25-44(42-35(32)37(38,39)40)36(27-11-5-2-6-12-27,28-13-7-3-8-14-28)29-15-9-4-10-16-29/h2-19,21,23,25,30H,20,22,24H2,1H3/t30-/m1/s1. The van der Waals surface area contributed by atoms with E-state index in [-0.39, 0.29) is 11.7 Å². The molecule has 0 aliphatic carbocycles. The lowest BCUT2D eigenvalue weighted by Crippen LogP contribution is -2.38. The summed E-state index contributed by atoms with van der Waals surface area (Å²) in [7, 11) is 1.70. The maximum absolute atomic E-state index is 15.0. The fraction of sp³-hybridized carbons (Fsp3) is 0.189. The molecule has 8 heteroatoms. The van der Waals surface area contributed by atoms with Crippen molar-refractivity contribution in [1.82, 2.24) is 14.8 Å². The van der Waals surface area contributed by atoms with Crippen molar-refractivity contribution in [1.29, 1.82) is 0 Å². The average molecular weight is 605 g/mol. The minimum absolute atomic E-state index is 0.00237. The lowest BCUT2D eigenvalue weighted by atomic mass is 9.77. The number of hydrogen-bond acceptors (Lipinski definition) is 4. The molecule has 45 heavy (non-hydrogen) atoms. The van der Waals surface area contributed by atoms with Gasteiger partial charge in [0.25, 0.3) is 0 Å². The van der Waals surface area contributed by atoms with Crippen molar-refractivity contribution in [3.8, 4) is 11.1 Å². The van der Waals surface area contributed by atoms with Crippen LogP contribution in [0.2, 0.25) is 0 Å². The lowest BCUT2D eigenvalue weighted by Gasteiger charge is -2.36. The molecule has 1 saturated heterocycles. The maximum Gasteiger partial charge on any atom is 0.435 e. The van der Waals surface area contributed by atoms with E-state index in [4.69, 9.17) is 4.74 Å². The van der Waals surface area contributed by atoms with E-state index in [2.05, 4.69) is 15.0 Å². The van der Waals surface area contributed by atoms with Crippen LogP contribution in [0.1, 0.15) is 28.8 Å². The number of aromatic nitrogens is 3. The SMILES string of the molecule is CO[C@@H]1CCN(c2ccnc3ccc(-c4cn(C(c5ccccc5)(c5ccccc5)c5ccccc5)nc4C(F)(F)F)cc23)C1. The zero-order valence-electron chi connectivity index (χ0n) is 24.7. The smallest absolute Gasteiger partial charge is 0.380 e. The highest BCUT2D eigenvalue weighted by atomic mass is 19.4. The third-order valence-corrected chi connectivity index (χ3v) is 8.75. The second kappa shape index (κ2) is 11.5. The van der Waals surface area contributed by atoms with Crippen LogP contribution in [0.5, 0.6) is 0 Å². The van der Waals surface area contributed by atoms with Gasteiger partial charge < -0.3 is 9.64 Å².